The van der Waals surface area contributed by atoms with E-state index in [1.807, 2.05) is 43.5 Å². The largest absolute Gasteiger partial charge is 0.461 e. The molecule has 1 N–H and O–H groups in total. The molecule has 0 aromatic heterocycles. The summed E-state index contributed by atoms with van der Waals surface area (Å²) in [6.07, 6.45) is 4.03. The maximum Gasteiger partial charge on any atom is 0.336 e. The van der Waals surface area contributed by atoms with Gasteiger partial charge in [0.15, 0.2) is 9.84 Å². The van der Waals surface area contributed by atoms with Crippen LogP contribution in [0.3, 0.4) is 0 Å². The van der Waals surface area contributed by atoms with Crippen molar-refractivity contribution < 1.29 is 17.9 Å². The number of carbonyl (C=O) groups is 1. The lowest BCUT2D eigenvalue weighted by Gasteiger charge is -2.37. The minimum absolute atomic E-state index is 0.0387. The number of benzene rings is 2. The summed E-state index contributed by atoms with van der Waals surface area (Å²) in [6.45, 7) is 3.17. The first-order chi connectivity index (χ1) is 17.7. The number of allylic oxidation sites excluding steroid dienone is 2. The van der Waals surface area contributed by atoms with Crippen molar-refractivity contribution in [2.75, 3.05) is 26.0 Å². The highest BCUT2D eigenvalue weighted by Crippen LogP contribution is 2.45. The molecule has 2 aliphatic heterocycles. The summed E-state index contributed by atoms with van der Waals surface area (Å²) < 4.78 is 32.9. The minimum atomic E-state index is -3.61. The van der Waals surface area contributed by atoms with Crippen LogP contribution in [-0.4, -0.2) is 50.5 Å². The van der Waals surface area contributed by atoms with Crippen molar-refractivity contribution in [2.24, 2.45) is 0 Å². The molecule has 0 aliphatic carbocycles. The number of ether oxygens (including phenoxy) is 1. The Balaban J connectivity index is 1.64. The Hall–Kier alpha value is -2.32. The van der Waals surface area contributed by atoms with Crippen molar-refractivity contribution in [1.82, 2.24) is 10.2 Å². The number of carbonyl (C=O) groups excluding carboxylic acids is 1. The number of fused-ring (bicyclic) bond motifs is 1. The van der Waals surface area contributed by atoms with Crippen LogP contribution in [0.1, 0.15) is 43.2 Å². The molecule has 0 bridgehead atoms. The molecule has 198 valence electrons. The fraction of sp³-hybridized carbons (Fsp3) is 0.393. The Morgan fingerprint density at radius 1 is 1.11 bits per heavy atom. The number of rotatable bonds is 7. The lowest BCUT2D eigenvalue weighted by Crippen LogP contribution is -2.44. The van der Waals surface area contributed by atoms with E-state index < -0.39 is 27.0 Å². The third kappa shape index (κ3) is 6.40. The summed E-state index contributed by atoms with van der Waals surface area (Å²) >= 11 is 13.0. The maximum absolute atomic E-state index is 13.6. The van der Waals surface area contributed by atoms with Gasteiger partial charge < -0.3 is 10.1 Å². The molecule has 2 aliphatic rings. The second-order valence-corrected chi connectivity index (χ2v) is 12.6. The highest BCUT2D eigenvalue weighted by atomic mass is 35.5. The number of nitrogens with zero attached hydrogens (tertiary/aromatic N) is 1. The van der Waals surface area contributed by atoms with Crippen LogP contribution in [0.2, 0.25) is 10.0 Å². The van der Waals surface area contributed by atoms with E-state index in [4.69, 9.17) is 27.9 Å². The number of esters is 1. The smallest absolute Gasteiger partial charge is 0.336 e. The molecule has 2 aromatic carbocycles. The van der Waals surface area contributed by atoms with Gasteiger partial charge in [0, 0.05) is 30.4 Å². The monoisotopic (exact) mass is 562 g/mol. The molecule has 0 saturated heterocycles. The van der Waals surface area contributed by atoms with Gasteiger partial charge in [0.05, 0.1) is 21.4 Å². The Morgan fingerprint density at radius 3 is 2.62 bits per heavy atom. The van der Waals surface area contributed by atoms with Crippen LogP contribution < -0.4 is 5.32 Å². The summed E-state index contributed by atoms with van der Waals surface area (Å²) in [7, 11) is -1.65. The summed E-state index contributed by atoms with van der Waals surface area (Å²) in [5, 5.41) is 2.79. The third-order valence-corrected chi connectivity index (χ3v) is 9.82. The molecule has 2 atom stereocenters. The zero-order valence-corrected chi connectivity index (χ0v) is 23.4. The predicted octanol–water partition coefficient (Wildman–Crippen LogP) is 5.48. The number of sulfone groups is 1. The van der Waals surface area contributed by atoms with Crippen LogP contribution >= 0.6 is 23.2 Å². The number of nitrogens with one attached hydrogen (secondary N) is 1. The van der Waals surface area contributed by atoms with E-state index >= 15 is 0 Å². The summed E-state index contributed by atoms with van der Waals surface area (Å²) in [5.74, 6) is -1.36. The molecule has 0 spiro atoms. The van der Waals surface area contributed by atoms with Crippen LogP contribution in [0.4, 0.5) is 0 Å². The first-order valence-corrected chi connectivity index (χ1v) is 14.9. The highest BCUT2D eigenvalue weighted by Gasteiger charge is 2.46. The average molecular weight is 564 g/mol. The maximum atomic E-state index is 13.6. The van der Waals surface area contributed by atoms with Gasteiger partial charge in [-0.25, -0.2) is 13.2 Å². The zero-order chi connectivity index (χ0) is 26.6. The molecule has 6 nitrogen and oxygen atoms in total. The predicted molar refractivity (Wildman–Crippen MR) is 148 cm³/mol. The molecule has 0 amide bonds. The van der Waals surface area contributed by atoms with Crippen molar-refractivity contribution in [3.05, 3.63) is 92.7 Å². The van der Waals surface area contributed by atoms with Crippen LogP contribution in [0.5, 0.6) is 0 Å². The highest BCUT2D eigenvalue weighted by molar-refractivity contribution is 7.92. The lowest BCUT2D eigenvalue weighted by atomic mass is 9.82. The van der Waals surface area contributed by atoms with E-state index in [0.717, 1.165) is 24.9 Å². The Bertz CT molecular complexity index is 1310. The van der Waals surface area contributed by atoms with Gasteiger partial charge in [-0.15, -0.1) is 0 Å². The second-order valence-electron chi connectivity index (χ2n) is 9.59. The van der Waals surface area contributed by atoms with Crippen molar-refractivity contribution in [3.63, 3.8) is 0 Å². The quantitative estimate of drug-likeness (QED) is 0.450. The molecule has 2 unspecified atom stereocenters. The fourth-order valence-corrected chi connectivity index (χ4v) is 7.55. The normalized spacial score (nSPS) is 22.8. The van der Waals surface area contributed by atoms with E-state index in [9.17, 15) is 13.2 Å². The Labute approximate surface area is 229 Å². The third-order valence-electron chi connectivity index (χ3n) is 6.83. The first kappa shape index (κ1) is 27.7. The van der Waals surface area contributed by atoms with Gasteiger partial charge in [-0.2, -0.15) is 0 Å². The van der Waals surface area contributed by atoms with E-state index in [2.05, 4.69) is 10.2 Å². The van der Waals surface area contributed by atoms with E-state index in [1.165, 1.54) is 0 Å². The Morgan fingerprint density at radius 2 is 1.86 bits per heavy atom. The molecule has 0 fully saturated rings. The van der Waals surface area contributed by atoms with E-state index in [1.54, 1.807) is 25.1 Å². The molecular formula is C28H32Cl2N2O4S. The Kier molecular flexibility index (Phi) is 9.01. The van der Waals surface area contributed by atoms with E-state index in [0.29, 0.717) is 34.9 Å². The lowest BCUT2D eigenvalue weighted by molar-refractivity contribution is -0.139. The van der Waals surface area contributed by atoms with Crippen molar-refractivity contribution in [3.8, 4) is 0 Å². The number of likely N-dealkylation sites (N-methyl/N-ethyl adjacent to an activating group) is 1. The average Bonchev–Trinajstić information content (AvgIpc) is 2.84. The van der Waals surface area contributed by atoms with Crippen molar-refractivity contribution in [1.29, 1.82) is 0 Å². The summed E-state index contributed by atoms with van der Waals surface area (Å²) in [6, 6.07) is 15.2. The van der Waals surface area contributed by atoms with Crippen LogP contribution in [0, 0.1) is 0 Å². The molecule has 9 heteroatoms. The van der Waals surface area contributed by atoms with Crippen LogP contribution in [-0.2, 0) is 25.9 Å². The van der Waals surface area contributed by atoms with Crippen molar-refractivity contribution >= 4 is 39.0 Å². The van der Waals surface area contributed by atoms with E-state index in [-0.39, 0.29) is 23.0 Å². The molecule has 2 heterocycles. The standard InChI is InChI=1S/C28H32Cl2N2O4S/c1-19-24(28(33)36-16-15-32(2)18-20-10-5-3-6-11-20)25(21-12-9-13-22(29)26(21)30)27-23(31-19)14-7-4-8-17-37(27,34)35/h3,5-6,9-14,25,27,31H,4,7-8,15-18H2,1-2H3/b23-14+. The van der Waals surface area contributed by atoms with Gasteiger partial charge in [0.1, 0.15) is 11.9 Å². The zero-order valence-electron chi connectivity index (χ0n) is 21.0. The van der Waals surface area contributed by atoms with Crippen LogP contribution in [0.15, 0.2) is 71.6 Å². The first-order valence-electron chi connectivity index (χ1n) is 12.4. The summed E-state index contributed by atoms with van der Waals surface area (Å²) in [4.78, 5) is 15.6. The topological polar surface area (TPSA) is 75.7 Å². The van der Waals surface area contributed by atoms with Gasteiger partial charge in [-0.1, -0.05) is 71.7 Å². The molecule has 0 saturated carbocycles. The molecule has 37 heavy (non-hydrogen) atoms. The van der Waals surface area contributed by atoms with Gasteiger partial charge in [-0.05, 0) is 50.4 Å². The minimum Gasteiger partial charge on any atom is -0.461 e. The molecule has 4 rings (SSSR count). The summed E-state index contributed by atoms with van der Waals surface area (Å²) in [5.41, 5.74) is 3.07. The second kappa shape index (κ2) is 12.0. The number of hydrogen-bond acceptors (Lipinski definition) is 6. The fourth-order valence-electron chi connectivity index (χ4n) is 5.02. The van der Waals surface area contributed by atoms with Gasteiger partial charge in [-0.3, -0.25) is 4.90 Å². The number of hydrogen-bond donors (Lipinski definition) is 1. The van der Waals surface area contributed by atoms with Gasteiger partial charge in [0.2, 0.25) is 0 Å². The van der Waals surface area contributed by atoms with Gasteiger partial charge >= 0.3 is 5.97 Å². The molecule has 2 aromatic rings. The molecule has 0 radical (unpaired) electrons. The van der Waals surface area contributed by atoms with Crippen LogP contribution in [0.25, 0.3) is 0 Å². The van der Waals surface area contributed by atoms with Gasteiger partial charge in [0.25, 0.3) is 0 Å². The SMILES string of the molecule is CC1=C(C(=O)OCCN(C)Cc2ccccc2)C(c2cccc(Cl)c2Cl)C2/C(=C\CCCCS2(=O)=O)N1. The van der Waals surface area contributed by atoms with Crippen molar-refractivity contribution in [2.45, 2.75) is 43.9 Å². The molecular weight excluding hydrogens is 531 g/mol. The number of halogens is 2.